The van der Waals surface area contributed by atoms with Gasteiger partial charge < -0.3 is 4.48 Å². The van der Waals surface area contributed by atoms with Crippen LogP contribution in [0.4, 0.5) is 0 Å². The molecule has 2 fully saturated rings. The van der Waals surface area contributed by atoms with Crippen molar-refractivity contribution < 1.29 is 4.48 Å². The minimum atomic E-state index is 0.355. The number of quaternary nitrogens is 1. The van der Waals surface area contributed by atoms with Gasteiger partial charge in [-0.15, -0.1) is 0 Å². The molecule has 0 unspecified atom stereocenters. The van der Waals surface area contributed by atoms with Crippen molar-refractivity contribution in [3.8, 4) is 0 Å². The smallest absolute Gasteiger partial charge is 0.136 e. The van der Waals surface area contributed by atoms with Gasteiger partial charge in [0.1, 0.15) is 6.67 Å². The molecular formula is C14H29N2+. The fourth-order valence-corrected chi connectivity index (χ4v) is 3.95. The Bertz CT molecular complexity index is 262. The fourth-order valence-electron chi connectivity index (χ4n) is 3.95. The van der Waals surface area contributed by atoms with Crippen molar-refractivity contribution in [1.29, 1.82) is 0 Å². The first-order valence-electron chi connectivity index (χ1n) is 6.94. The summed E-state index contributed by atoms with van der Waals surface area (Å²) in [5, 5.41) is 0. The molecule has 0 N–H and O–H groups in total. The summed E-state index contributed by atoms with van der Waals surface area (Å²) in [6, 6.07) is 0. The quantitative estimate of drug-likeness (QED) is 0.653. The summed E-state index contributed by atoms with van der Waals surface area (Å²) in [4.78, 5) is 2.77. The third kappa shape index (κ3) is 1.91. The molecule has 2 aliphatic heterocycles. The van der Waals surface area contributed by atoms with Gasteiger partial charge in [0.15, 0.2) is 0 Å². The Hall–Kier alpha value is -0.0800. The van der Waals surface area contributed by atoms with Crippen LogP contribution in [0.25, 0.3) is 0 Å². The normalized spacial score (nSPS) is 29.1. The Labute approximate surface area is 101 Å². The highest BCUT2D eigenvalue weighted by Crippen LogP contribution is 2.39. The van der Waals surface area contributed by atoms with Gasteiger partial charge in [-0.3, -0.25) is 0 Å². The van der Waals surface area contributed by atoms with Crippen LogP contribution in [0, 0.1) is 0 Å². The van der Waals surface area contributed by atoms with Gasteiger partial charge in [-0.25, -0.2) is 4.90 Å². The van der Waals surface area contributed by atoms with Crippen LogP contribution >= 0.6 is 0 Å². The average molecular weight is 225 g/mol. The van der Waals surface area contributed by atoms with E-state index in [-0.39, 0.29) is 0 Å². The van der Waals surface area contributed by atoms with Crippen LogP contribution in [0.2, 0.25) is 0 Å². The molecule has 16 heavy (non-hydrogen) atoms. The molecular weight excluding hydrogens is 196 g/mol. The van der Waals surface area contributed by atoms with Crippen LogP contribution in [-0.2, 0) is 0 Å². The lowest BCUT2D eigenvalue weighted by molar-refractivity contribution is -0.911. The maximum absolute atomic E-state index is 2.77. The van der Waals surface area contributed by atoms with Gasteiger partial charge in [0.25, 0.3) is 0 Å². The minimum absolute atomic E-state index is 0.355. The third-order valence-electron chi connectivity index (χ3n) is 5.01. The molecule has 0 aromatic rings. The van der Waals surface area contributed by atoms with Crippen molar-refractivity contribution >= 4 is 0 Å². The van der Waals surface area contributed by atoms with Gasteiger partial charge in [-0.05, 0) is 34.1 Å². The summed E-state index contributed by atoms with van der Waals surface area (Å²) in [5.74, 6) is 0. The fraction of sp³-hybridized carbons (Fsp3) is 1.00. The Balaban J connectivity index is 2.21. The van der Waals surface area contributed by atoms with E-state index in [9.17, 15) is 0 Å². The zero-order valence-corrected chi connectivity index (χ0v) is 11.8. The second-order valence-electron chi connectivity index (χ2n) is 7.20. The van der Waals surface area contributed by atoms with Gasteiger partial charge in [-0.2, -0.15) is 0 Å². The Kier molecular flexibility index (Phi) is 2.87. The van der Waals surface area contributed by atoms with E-state index < -0.39 is 0 Å². The molecule has 2 nitrogen and oxygen atoms in total. The molecule has 1 spiro atoms. The summed E-state index contributed by atoms with van der Waals surface area (Å²) < 4.78 is 1.37. The van der Waals surface area contributed by atoms with Crippen molar-refractivity contribution in [2.24, 2.45) is 0 Å². The molecule has 2 rings (SSSR count). The Morgan fingerprint density at radius 3 is 2.25 bits per heavy atom. The number of hydrogen-bond donors (Lipinski definition) is 0. The predicted molar refractivity (Wildman–Crippen MR) is 69.3 cm³/mol. The van der Waals surface area contributed by atoms with Crippen LogP contribution in [0.15, 0.2) is 0 Å². The van der Waals surface area contributed by atoms with Crippen molar-refractivity contribution in [2.45, 2.75) is 65.0 Å². The predicted octanol–water partition coefficient (Wildman–Crippen LogP) is 2.84. The van der Waals surface area contributed by atoms with E-state index in [1.54, 1.807) is 0 Å². The SMILES string of the molecule is CCC(C)(C)N1C[N+]2(CCCC2)CC1(C)C. The molecule has 0 saturated carbocycles. The van der Waals surface area contributed by atoms with E-state index in [2.05, 4.69) is 39.5 Å². The van der Waals surface area contributed by atoms with E-state index in [0.717, 1.165) is 0 Å². The monoisotopic (exact) mass is 225 g/mol. The zero-order valence-electron chi connectivity index (χ0n) is 11.8. The molecule has 0 aliphatic carbocycles. The molecule has 0 atom stereocenters. The molecule has 2 aliphatic rings. The van der Waals surface area contributed by atoms with Gasteiger partial charge in [-0.1, -0.05) is 6.92 Å². The Morgan fingerprint density at radius 1 is 1.19 bits per heavy atom. The van der Waals surface area contributed by atoms with Crippen LogP contribution in [-0.4, -0.2) is 46.8 Å². The van der Waals surface area contributed by atoms with Crippen LogP contribution in [0.5, 0.6) is 0 Å². The summed E-state index contributed by atoms with van der Waals surface area (Å²) in [6.45, 7) is 17.5. The summed E-state index contributed by atoms with van der Waals surface area (Å²) in [7, 11) is 0. The highest BCUT2D eigenvalue weighted by Gasteiger charge is 2.53. The lowest BCUT2D eigenvalue weighted by Gasteiger charge is -2.40. The van der Waals surface area contributed by atoms with Crippen molar-refractivity contribution in [1.82, 2.24) is 4.90 Å². The first-order chi connectivity index (χ1) is 7.31. The molecule has 2 heteroatoms. The van der Waals surface area contributed by atoms with Gasteiger partial charge in [0, 0.05) is 18.4 Å². The van der Waals surface area contributed by atoms with E-state index >= 15 is 0 Å². The average Bonchev–Trinajstić information content (AvgIpc) is 2.72. The van der Waals surface area contributed by atoms with Gasteiger partial charge in [0.2, 0.25) is 0 Å². The largest absolute Gasteiger partial charge is 0.310 e. The number of nitrogens with zero attached hydrogens (tertiary/aromatic N) is 2. The minimum Gasteiger partial charge on any atom is -0.310 e. The molecule has 0 aromatic carbocycles. The standard InChI is InChI=1S/C14H29N2/c1-6-13(2,3)15-12-16(9-7-8-10-16)11-14(15,4)5/h6-12H2,1-5H3/q+1. The second-order valence-corrected chi connectivity index (χ2v) is 7.20. The maximum Gasteiger partial charge on any atom is 0.136 e. The van der Waals surface area contributed by atoms with E-state index in [1.807, 2.05) is 0 Å². The molecule has 94 valence electrons. The van der Waals surface area contributed by atoms with Crippen LogP contribution in [0.1, 0.15) is 53.9 Å². The Morgan fingerprint density at radius 2 is 1.75 bits per heavy atom. The molecule has 0 amide bonds. The second kappa shape index (κ2) is 3.71. The molecule has 0 radical (unpaired) electrons. The van der Waals surface area contributed by atoms with E-state index in [1.165, 1.54) is 50.0 Å². The maximum atomic E-state index is 2.77. The topological polar surface area (TPSA) is 3.24 Å². The first-order valence-corrected chi connectivity index (χ1v) is 6.94. The molecule has 2 heterocycles. The van der Waals surface area contributed by atoms with Gasteiger partial charge >= 0.3 is 0 Å². The highest BCUT2D eigenvalue weighted by molar-refractivity contribution is 4.94. The number of hydrogen-bond acceptors (Lipinski definition) is 1. The molecule has 0 bridgehead atoms. The summed E-state index contributed by atoms with van der Waals surface area (Å²) >= 11 is 0. The lowest BCUT2D eigenvalue weighted by atomic mass is 9.93. The zero-order chi connectivity index (χ0) is 12.0. The summed E-state index contributed by atoms with van der Waals surface area (Å²) in [6.07, 6.45) is 4.13. The van der Waals surface area contributed by atoms with Crippen molar-refractivity contribution in [3.63, 3.8) is 0 Å². The highest BCUT2D eigenvalue weighted by atomic mass is 15.5. The first kappa shape index (κ1) is 12.4. The lowest BCUT2D eigenvalue weighted by Crippen LogP contribution is -2.52. The van der Waals surface area contributed by atoms with E-state index in [4.69, 9.17) is 0 Å². The van der Waals surface area contributed by atoms with E-state index in [0.29, 0.717) is 11.1 Å². The third-order valence-corrected chi connectivity index (χ3v) is 5.01. The van der Waals surface area contributed by atoms with Crippen molar-refractivity contribution in [3.05, 3.63) is 0 Å². The molecule has 2 saturated heterocycles. The van der Waals surface area contributed by atoms with Gasteiger partial charge in [0.05, 0.1) is 25.2 Å². The van der Waals surface area contributed by atoms with Crippen LogP contribution < -0.4 is 0 Å². The van der Waals surface area contributed by atoms with Crippen LogP contribution in [0.3, 0.4) is 0 Å². The number of rotatable bonds is 2. The van der Waals surface area contributed by atoms with Crippen molar-refractivity contribution in [2.75, 3.05) is 26.3 Å². The summed E-state index contributed by atoms with van der Waals surface area (Å²) in [5.41, 5.74) is 0.734. The molecule has 0 aromatic heterocycles.